The Morgan fingerprint density at radius 3 is 2.42 bits per heavy atom. The van der Waals surface area contributed by atoms with E-state index in [2.05, 4.69) is 0 Å². The molecule has 0 unspecified atom stereocenters. The minimum Gasteiger partial charge on any atom is -0.508 e. The molecule has 0 bridgehead atoms. The average molecular weight is 193 g/mol. The van der Waals surface area contributed by atoms with Gasteiger partial charge in [0.25, 0.3) is 10.1 Å². The molecule has 0 aliphatic carbocycles. The lowest BCUT2D eigenvalue weighted by Crippen LogP contribution is -1.97. The summed E-state index contributed by atoms with van der Waals surface area (Å²) >= 11 is 0. The molecule has 1 rings (SSSR count). The molecule has 12 heavy (non-hydrogen) atoms. The zero-order chi connectivity index (χ0) is 12.0. The minimum atomic E-state index is -4.93. The predicted molar refractivity (Wildman–Crippen MR) is 39.6 cm³/mol. The first-order chi connectivity index (χ1) is 6.68. The second kappa shape index (κ2) is 2.65. The summed E-state index contributed by atoms with van der Waals surface area (Å²) in [5.74, 6) is -2.32. The largest absolute Gasteiger partial charge is 0.508 e. The van der Waals surface area contributed by atoms with Gasteiger partial charge in [0.15, 0.2) is 0 Å². The summed E-state index contributed by atoms with van der Waals surface area (Å²) < 4.78 is 51.2. The number of phenolic OH excluding ortho intramolecular Hbond substituents is 2. The van der Waals surface area contributed by atoms with Gasteiger partial charge in [-0.3, -0.25) is 4.55 Å². The van der Waals surface area contributed by atoms with Crippen LogP contribution in [0, 0.1) is 0 Å². The first-order valence-electron chi connectivity index (χ1n) is 4.17. The zero-order valence-electron chi connectivity index (χ0n) is 8.57. The normalized spacial score (nSPS) is 14.9. The molecule has 5 nitrogen and oxygen atoms in total. The van der Waals surface area contributed by atoms with Gasteiger partial charge in [-0.2, -0.15) is 8.42 Å². The number of hydrogen-bond acceptors (Lipinski definition) is 4. The van der Waals surface area contributed by atoms with Gasteiger partial charge < -0.3 is 10.2 Å². The zero-order valence-corrected chi connectivity index (χ0v) is 6.38. The van der Waals surface area contributed by atoms with E-state index in [1.807, 2.05) is 0 Å². The Balaban J connectivity index is 3.84. The molecule has 0 amide bonds. The van der Waals surface area contributed by atoms with E-state index in [1.54, 1.807) is 0 Å². The van der Waals surface area contributed by atoms with Crippen molar-refractivity contribution in [3.05, 3.63) is 18.1 Å². The molecule has 0 aromatic heterocycles. The Morgan fingerprint density at radius 1 is 1.33 bits per heavy atom. The van der Waals surface area contributed by atoms with Gasteiger partial charge in [-0.25, -0.2) is 0 Å². The third kappa shape index (κ3) is 1.66. The third-order valence-corrected chi connectivity index (χ3v) is 1.82. The van der Waals surface area contributed by atoms with Gasteiger partial charge in [-0.1, -0.05) is 0 Å². The number of hydrogen-bond donors (Lipinski definition) is 3. The number of rotatable bonds is 1. The van der Waals surface area contributed by atoms with E-state index in [9.17, 15) is 8.42 Å². The standard InChI is InChI=1S/C6H6O5S/c7-4-1-2-5(8)6(3-4)12(9,10)11/h1-3,7-8H,(H,9,10,11)/i1D,2D,3D. The summed E-state index contributed by atoms with van der Waals surface area (Å²) in [7, 11) is -4.93. The van der Waals surface area contributed by atoms with Crippen LogP contribution in [-0.4, -0.2) is 23.2 Å². The maximum absolute atomic E-state index is 10.7. The maximum Gasteiger partial charge on any atom is 0.298 e. The monoisotopic (exact) mass is 193 g/mol. The second-order valence-corrected chi connectivity index (χ2v) is 3.23. The van der Waals surface area contributed by atoms with E-state index in [0.717, 1.165) is 0 Å². The van der Waals surface area contributed by atoms with Crippen molar-refractivity contribution < 1.29 is 27.3 Å². The highest BCUT2D eigenvalue weighted by Crippen LogP contribution is 2.25. The van der Waals surface area contributed by atoms with Crippen molar-refractivity contribution in [2.75, 3.05) is 0 Å². The predicted octanol–water partition coefficient (Wildman–Crippen LogP) is 0.345. The Bertz CT molecular complexity index is 495. The van der Waals surface area contributed by atoms with Crippen LogP contribution in [0.2, 0.25) is 0 Å². The number of aromatic hydroxyl groups is 2. The molecule has 0 atom stereocenters. The van der Waals surface area contributed by atoms with Crippen molar-refractivity contribution >= 4 is 10.1 Å². The Labute approximate surface area is 72.9 Å². The highest BCUT2D eigenvalue weighted by molar-refractivity contribution is 7.86. The molecule has 0 aliphatic heterocycles. The van der Waals surface area contributed by atoms with Crippen LogP contribution < -0.4 is 0 Å². The van der Waals surface area contributed by atoms with Crippen molar-refractivity contribution in [3.63, 3.8) is 0 Å². The van der Waals surface area contributed by atoms with Crippen molar-refractivity contribution in [2.24, 2.45) is 0 Å². The van der Waals surface area contributed by atoms with E-state index in [-0.39, 0.29) is 0 Å². The first-order valence-corrected chi connectivity index (χ1v) is 4.11. The van der Waals surface area contributed by atoms with Crippen LogP contribution in [0.1, 0.15) is 4.11 Å². The highest BCUT2D eigenvalue weighted by atomic mass is 32.2. The lowest BCUT2D eigenvalue weighted by atomic mass is 10.3. The van der Waals surface area contributed by atoms with E-state index in [0.29, 0.717) is 0 Å². The van der Waals surface area contributed by atoms with Gasteiger partial charge in [0.1, 0.15) is 16.4 Å². The van der Waals surface area contributed by atoms with E-state index >= 15 is 0 Å². The fraction of sp³-hybridized carbons (Fsp3) is 0. The van der Waals surface area contributed by atoms with Crippen LogP contribution in [-0.2, 0) is 10.1 Å². The molecule has 6 heteroatoms. The Morgan fingerprint density at radius 2 is 1.92 bits per heavy atom. The Kier molecular flexibility index (Phi) is 1.19. The van der Waals surface area contributed by atoms with Crippen molar-refractivity contribution in [3.8, 4) is 11.5 Å². The van der Waals surface area contributed by atoms with Crippen LogP contribution in [0.15, 0.2) is 23.0 Å². The van der Waals surface area contributed by atoms with Crippen molar-refractivity contribution in [2.45, 2.75) is 4.90 Å². The third-order valence-electron chi connectivity index (χ3n) is 1.00. The SMILES string of the molecule is [2H]c1c([2H])c(O)c(S(=O)(=O)O)c([2H])c1O. The summed E-state index contributed by atoms with van der Waals surface area (Å²) in [5, 5.41) is 18.2. The lowest BCUT2D eigenvalue weighted by molar-refractivity contribution is 0.433. The van der Waals surface area contributed by atoms with Crippen molar-refractivity contribution in [1.29, 1.82) is 0 Å². The highest BCUT2D eigenvalue weighted by Gasteiger charge is 2.15. The molecular weight excluding hydrogens is 184 g/mol. The number of phenols is 2. The molecule has 0 saturated heterocycles. The van der Waals surface area contributed by atoms with Crippen LogP contribution in [0.4, 0.5) is 0 Å². The van der Waals surface area contributed by atoms with E-state index < -0.39 is 44.6 Å². The molecule has 1 aromatic carbocycles. The smallest absolute Gasteiger partial charge is 0.298 e. The van der Waals surface area contributed by atoms with Gasteiger partial charge >= 0.3 is 0 Å². The van der Waals surface area contributed by atoms with Crippen LogP contribution in [0.3, 0.4) is 0 Å². The molecular formula is C6H6O5S. The lowest BCUT2D eigenvalue weighted by Gasteiger charge is -2.00. The quantitative estimate of drug-likeness (QED) is 0.441. The topological polar surface area (TPSA) is 94.8 Å². The van der Waals surface area contributed by atoms with Crippen LogP contribution in [0.25, 0.3) is 0 Å². The minimum absolute atomic E-state index is 0.884. The summed E-state index contributed by atoms with van der Waals surface area (Å²) in [4.78, 5) is -1.28. The molecule has 0 aliphatic rings. The fourth-order valence-electron chi connectivity index (χ4n) is 0.560. The van der Waals surface area contributed by atoms with Gasteiger partial charge in [0.2, 0.25) is 0 Å². The first kappa shape index (κ1) is 5.39. The summed E-state index contributed by atoms with van der Waals surface area (Å²) in [5.41, 5.74) is 0. The molecule has 0 saturated carbocycles. The summed E-state index contributed by atoms with van der Waals surface area (Å²) in [6, 6.07) is -2.97. The van der Waals surface area contributed by atoms with Gasteiger partial charge in [0, 0.05) is 6.04 Å². The van der Waals surface area contributed by atoms with Gasteiger partial charge in [-0.15, -0.1) is 0 Å². The molecule has 0 spiro atoms. The molecule has 0 fully saturated rings. The summed E-state index contributed by atoms with van der Waals surface area (Å²) in [6.45, 7) is 0. The average Bonchev–Trinajstić information content (AvgIpc) is 2.09. The molecule has 66 valence electrons. The molecule has 0 radical (unpaired) electrons. The molecule has 0 heterocycles. The number of benzene rings is 1. The van der Waals surface area contributed by atoms with Crippen LogP contribution >= 0.6 is 0 Å². The molecule has 3 N–H and O–H groups in total. The summed E-state index contributed by atoms with van der Waals surface area (Å²) in [6.07, 6.45) is 0. The second-order valence-electron chi connectivity index (χ2n) is 1.88. The van der Waals surface area contributed by atoms with Crippen molar-refractivity contribution in [1.82, 2.24) is 0 Å². The van der Waals surface area contributed by atoms with Gasteiger partial charge in [-0.05, 0) is 12.1 Å². The van der Waals surface area contributed by atoms with Gasteiger partial charge in [0.05, 0.1) is 4.11 Å². The maximum atomic E-state index is 10.7. The fourth-order valence-corrected chi connectivity index (χ4v) is 1.08. The van der Waals surface area contributed by atoms with E-state index in [4.69, 9.17) is 18.9 Å². The van der Waals surface area contributed by atoms with E-state index in [1.165, 1.54) is 0 Å². The Hall–Kier alpha value is -1.27. The van der Waals surface area contributed by atoms with Crippen LogP contribution in [0.5, 0.6) is 11.5 Å². The molecule has 1 aromatic rings.